The fourth-order valence-electron chi connectivity index (χ4n) is 2.19. The molecule has 18 heavy (non-hydrogen) atoms. The summed E-state index contributed by atoms with van der Waals surface area (Å²) in [6.07, 6.45) is 0.873. The third-order valence-electron chi connectivity index (χ3n) is 3.14. The highest BCUT2D eigenvalue weighted by atomic mass is 32.2. The predicted octanol–water partition coefficient (Wildman–Crippen LogP) is 1.20. The molecule has 1 aliphatic rings. The largest absolute Gasteiger partial charge is 0.313 e. The van der Waals surface area contributed by atoms with Gasteiger partial charge in [0, 0.05) is 19.1 Å². The van der Waals surface area contributed by atoms with Crippen LogP contribution in [-0.4, -0.2) is 38.4 Å². The Labute approximate surface area is 109 Å². The van der Waals surface area contributed by atoms with E-state index in [0.717, 1.165) is 18.5 Å². The van der Waals surface area contributed by atoms with E-state index in [1.54, 1.807) is 4.31 Å². The van der Waals surface area contributed by atoms with Crippen molar-refractivity contribution in [2.45, 2.75) is 25.1 Å². The molecule has 100 valence electrons. The number of rotatable bonds is 3. The highest BCUT2D eigenvalue weighted by Gasteiger charge is 2.25. The Morgan fingerprint density at radius 3 is 2.78 bits per heavy atom. The molecule has 5 heteroatoms. The second kappa shape index (κ2) is 5.82. The lowest BCUT2D eigenvalue weighted by Crippen LogP contribution is -2.39. The van der Waals surface area contributed by atoms with Gasteiger partial charge >= 0.3 is 0 Å². The second-order valence-electron chi connectivity index (χ2n) is 4.81. The van der Waals surface area contributed by atoms with Gasteiger partial charge in [-0.15, -0.1) is 0 Å². The molecule has 0 spiro atoms. The van der Waals surface area contributed by atoms with Crippen LogP contribution in [0.5, 0.6) is 0 Å². The molecule has 0 aliphatic carbocycles. The molecule has 0 amide bonds. The van der Waals surface area contributed by atoms with Crippen LogP contribution in [-0.2, 0) is 15.8 Å². The molecule has 1 aromatic carbocycles. The highest BCUT2D eigenvalue weighted by Crippen LogP contribution is 2.13. The molecule has 4 nitrogen and oxygen atoms in total. The zero-order chi connectivity index (χ0) is 13.0. The molecule has 1 heterocycles. The summed E-state index contributed by atoms with van der Waals surface area (Å²) in [5, 5.41) is 3.30. The van der Waals surface area contributed by atoms with Crippen LogP contribution in [0.4, 0.5) is 0 Å². The van der Waals surface area contributed by atoms with Crippen LogP contribution in [0.2, 0.25) is 0 Å². The van der Waals surface area contributed by atoms with Crippen molar-refractivity contribution in [1.82, 2.24) is 9.62 Å². The monoisotopic (exact) mass is 268 g/mol. The van der Waals surface area contributed by atoms with E-state index in [2.05, 4.69) is 5.32 Å². The average molecular weight is 268 g/mol. The van der Waals surface area contributed by atoms with Gasteiger partial charge in [-0.2, -0.15) is 0 Å². The number of hydrogen-bond acceptors (Lipinski definition) is 3. The number of sulfonamides is 1. The minimum absolute atomic E-state index is 0.0978. The quantitative estimate of drug-likeness (QED) is 0.896. The molecule has 1 aromatic rings. The van der Waals surface area contributed by atoms with Crippen molar-refractivity contribution < 1.29 is 8.42 Å². The van der Waals surface area contributed by atoms with E-state index in [9.17, 15) is 8.42 Å². The maximum Gasteiger partial charge on any atom is 0.218 e. The smallest absolute Gasteiger partial charge is 0.218 e. The zero-order valence-electron chi connectivity index (χ0n) is 10.7. The molecular formula is C13H20N2O2S. The van der Waals surface area contributed by atoms with Gasteiger partial charge in [0.25, 0.3) is 0 Å². The van der Waals surface area contributed by atoms with E-state index in [1.807, 2.05) is 37.3 Å². The summed E-state index contributed by atoms with van der Waals surface area (Å²) in [6.45, 7) is 4.09. The topological polar surface area (TPSA) is 49.4 Å². The maximum absolute atomic E-state index is 12.4. The molecule has 1 saturated heterocycles. The SMILES string of the molecule is CC1CN(S(=O)(=O)Cc2ccccc2)CCCN1. The normalized spacial score (nSPS) is 22.6. The molecule has 0 aromatic heterocycles. The summed E-state index contributed by atoms with van der Waals surface area (Å²) in [7, 11) is -3.20. The standard InChI is InChI=1S/C13H20N2O2S/c1-12-10-15(9-5-8-14-12)18(16,17)11-13-6-3-2-4-7-13/h2-4,6-7,12,14H,5,8-11H2,1H3. The van der Waals surface area contributed by atoms with Crippen LogP contribution < -0.4 is 5.32 Å². The molecule has 0 radical (unpaired) electrons. The van der Waals surface area contributed by atoms with E-state index >= 15 is 0 Å². The first kappa shape index (κ1) is 13.5. The fourth-order valence-corrected chi connectivity index (χ4v) is 3.85. The van der Waals surface area contributed by atoms with Crippen LogP contribution in [0.3, 0.4) is 0 Å². The highest BCUT2D eigenvalue weighted by molar-refractivity contribution is 7.88. The van der Waals surface area contributed by atoms with E-state index in [4.69, 9.17) is 0 Å². The van der Waals surface area contributed by atoms with Crippen molar-refractivity contribution in [2.75, 3.05) is 19.6 Å². The number of benzene rings is 1. The Bertz CT molecular complexity index is 473. The van der Waals surface area contributed by atoms with Gasteiger partial charge in [0.1, 0.15) is 0 Å². The molecule has 1 unspecified atom stereocenters. The molecule has 1 fully saturated rings. The Morgan fingerprint density at radius 2 is 2.06 bits per heavy atom. The summed E-state index contributed by atoms with van der Waals surface area (Å²) in [6, 6.07) is 9.58. The van der Waals surface area contributed by atoms with Crippen molar-refractivity contribution >= 4 is 10.0 Å². The first-order valence-corrected chi connectivity index (χ1v) is 7.94. The molecule has 0 bridgehead atoms. The van der Waals surface area contributed by atoms with Gasteiger partial charge in [-0.25, -0.2) is 12.7 Å². The molecule has 1 N–H and O–H groups in total. The van der Waals surface area contributed by atoms with Crippen LogP contribution in [0.25, 0.3) is 0 Å². The lowest BCUT2D eigenvalue weighted by Gasteiger charge is -2.22. The van der Waals surface area contributed by atoms with Gasteiger partial charge in [0.2, 0.25) is 10.0 Å². The van der Waals surface area contributed by atoms with Crippen molar-refractivity contribution in [3.63, 3.8) is 0 Å². The van der Waals surface area contributed by atoms with Crippen LogP contribution in [0.15, 0.2) is 30.3 Å². The second-order valence-corrected chi connectivity index (χ2v) is 6.78. The number of nitrogens with one attached hydrogen (secondary N) is 1. The third-order valence-corrected chi connectivity index (χ3v) is 4.96. The van der Waals surface area contributed by atoms with Crippen molar-refractivity contribution in [1.29, 1.82) is 0 Å². The summed E-state index contributed by atoms with van der Waals surface area (Å²) < 4.78 is 26.3. The van der Waals surface area contributed by atoms with Gasteiger partial charge in [-0.1, -0.05) is 30.3 Å². The van der Waals surface area contributed by atoms with E-state index in [0.29, 0.717) is 13.1 Å². The maximum atomic E-state index is 12.4. The summed E-state index contributed by atoms with van der Waals surface area (Å²) in [5.74, 6) is 0.0978. The van der Waals surface area contributed by atoms with Crippen molar-refractivity contribution in [3.05, 3.63) is 35.9 Å². The van der Waals surface area contributed by atoms with Gasteiger partial charge in [-0.3, -0.25) is 0 Å². The Balaban J connectivity index is 2.10. The van der Waals surface area contributed by atoms with Gasteiger partial charge in [0.05, 0.1) is 5.75 Å². The lowest BCUT2D eigenvalue weighted by molar-refractivity contribution is 0.403. The van der Waals surface area contributed by atoms with Gasteiger partial charge in [-0.05, 0) is 25.5 Å². The fraction of sp³-hybridized carbons (Fsp3) is 0.538. The van der Waals surface area contributed by atoms with E-state index in [1.165, 1.54) is 0 Å². The first-order valence-electron chi connectivity index (χ1n) is 6.33. The van der Waals surface area contributed by atoms with Crippen molar-refractivity contribution in [2.24, 2.45) is 0 Å². The van der Waals surface area contributed by atoms with E-state index < -0.39 is 10.0 Å². The Kier molecular flexibility index (Phi) is 4.37. The van der Waals surface area contributed by atoms with Crippen LogP contribution in [0.1, 0.15) is 18.9 Å². The Morgan fingerprint density at radius 1 is 1.33 bits per heavy atom. The van der Waals surface area contributed by atoms with Gasteiger partial charge < -0.3 is 5.32 Å². The molecule has 1 atom stereocenters. The molecule has 1 aliphatic heterocycles. The molecule has 2 rings (SSSR count). The third kappa shape index (κ3) is 3.54. The molecular weight excluding hydrogens is 248 g/mol. The minimum Gasteiger partial charge on any atom is -0.313 e. The molecule has 0 saturated carbocycles. The number of nitrogens with zero attached hydrogens (tertiary/aromatic N) is 1. The average Bonchev–Trinajstić information content (AvgIpc) is 2.55. The van der Waals surface area contributed by atoms with Crippen LogP contribution in [0, 0.1) is 0 Å². The van der Waals surface area contributed by atoms with Gasteiger partial charge in [0.15, 0.2) is 0 Å². The van der Waals surface area contributed by atoms with Crippen LogP contribution >= 0.6 is 0 Å². The van der Waals surface area contributed by atoms with E-state index in [-0.39, 0.29) is 11.8 Å². The number of hydrogen-bond donors (Lipinski definition) is 1. The summed E-state index contributed by atoms with van der Waals surface area (Å²) >= 11 is 0. The zero-order valence-corrected chi connectivity index (χ0v) is 11.5. The first-order chi connectivity index (χ1) is 8.58. The minimum atomic E-state index is -3.20. The predicted molar refractivity (Wildman–Crippen MR) is 72.7 cm³/mol. The Hall–Kier alpha value is -0.910. The summed E-state index contributed by atoms with van der Waals surface area (Å²) in [5.41, 5.74) is 0.849. The lowest BCUT2D eigenvalue weighted by atomic mass is 10.2. The summed E-state index contributed by atoms with van der Waals surface area (Å²) in [4.78, 5) is 0. The van der Waals surface area contributed by atoms with Crippen molar-refractivity contribution in [3.8, 4) is 0 Å².